The molecule has 0 bridgehead atoms. The van der Waals surface area contributed by atoms with E-state index in [4.69, 9.17) is 18.0 Å². The molecule has 0 aliphatic rings. The fraction of sp³-hybridized carbons (Fsp3) is 0.333. The number of hydrogen-bond acceptors (Lipinski definition) is 2. The number of amides is 1. The molecule has 1 unspecified atom stereocenters. The Hall–Kier alpha value is -1.56. The lowest BCUT2D eigenvalue weighted by atomic mass is 9.95. The van der Waals surface area contributed by atoms with Crippen LogP contribution in [-0.4, -0.2) is 10.9 Å². The fourth-order valence-corrected chi connectivity index (χ4v) is 1.96. The van der Waals surface area contributed by atoms with Crippen LogP contribution < -0.4 is 11.1 Å². The number of para-hydroxylation sites is 1. The van der Waals surface area contributed by atoms with Crippen molar-refractivity contribution in [1.82, 2.24) is 0 Å². The molecule has 1 atom stereocenters. The maximum Gasteiger partial charge on any atom is 0.234 e. The molecule has 18 heavy (non-hydrogen) atoms. The zero-order valence-electron chi connectivity index (χ0n) is 10.0. The van der Waals surface area contributed by atoms with E-state index in [9.17, 15) is 13.6 Å². The number of benzene rings is 1. The van der Waals surface area contributed by atoms with Gasteiger partial charge in [-0.25, -0.2) is 8.78 Å². The van der Waals surface area contributed by atoms with Gasteiger partial charge < -0.3 is 11.1 Å². The molecule has 0 saturated heterocycles. The lowest BCUT2D eigenvalue weighted by Crippen LogP contribution is -2.37. The minimum Gasteiger partial charge on any atom is -0.393 e. The number of halogens is 2. The lowest BCUT2D eigenvalue weighted by Gasteiger charge is -2.19. The van der Waals surface area contributed by atoms with Crippen LogP contribution in [0.1, 0.15) is 13.8 Å². The minimum absolute atomic E-state index is 0.000697. The summed E-state index contributed by atoms with van der Waals surface area (Å²) in [5.41, 5.74) is 4.97. The van der Waals surface area contributed by atoms with Gasteiger partial charge in [0.1, 0.15) is 17.3 Å². The van der Waals surface area contributed by atoms with Gasteiger partial charge in [0, 0.05) is 0 Å². The highest BCUT2D eigenvalue weighted by Crippen LogP contribution is 2.20. The maximum atomic E-state index is 13.4. The molecule has 1 aromatic rings. The first-order valence-electron chi connectivity index (χ1n) is 5.38. The van der Waals surface area contributed by atoms with Crippen LogP contribution in [-0.2, 0) is 4.79 Å². The highest BCUT2D eigenvalue weighted by atomic mass is 32.1. The van der Waals surface area contributed by atoms with E-state index < -0.39 is 29.1 Å². The number of hydrogen-bond donors (Lipinski definition) is 2. The van der Waals surface area contributed by atoms with Crippen molar-refractivity contribution in [1.29, 1.82) is 0 Å². The molecule has 1 rings (SSSR count). The van der Waals surface area contributed by atoms with Crippen molar-refractivity contribution in [3.8, 4) is 0 Å². The van der Waals surface area contributed by atoms with Crippen molar-refractivity contribution in [2.75, 3.05) is 5.32 Å². The molecule has 98 valence electrons. The molecule has 3 N–H and O–H groups in total. The molecule has 0 heterocycles. The number of carbonyl (C=O) groups is 1. The summed E-state index contributed by atoms with van der Waals surface area (Å²) in [5, 5.41) is 2.18. The number of rotatable bonds is 4. The molecule has 1 amide bonds. The predicted octanol–water partition coefficient (Wildman–Crippen LogP) is 2.46. The summed E-state index contributed by atoms with van der Waals surface area (Å²) >= 11 is 4.78. The average molecular weight is 272 g/mol. The first-order valence-corrected chi connectivity index (χ1v) is 5.79. The molecule has 0 radical (unpaired) electrons. The van der Waals surface area contributed by atoms with E-state index in [1.165, 1.54) is 6.07 Å². The molecular formula is C12H14F2N2OS. The highest BCUT2D eigenvalue weighted by Gasteiger charge is 2.26. The van der Waals surface area contributed by atoms with E-state index in [0.29, 0.717) is 0 Å². The van der Waals surface area contributed by atoms with E-state index in [2.05, 4.69) is 5.32 Å². The van der Waals surface area contributed by atoms with Gasteiger partial charge in [0.05, 0.1) is 10.9 Å². The summed E-state index contributed by atoms with van der Waals surface area (Å²) < 4.78 is 26.7. The number of nitrogens with two attached hydrogens (primary N) is 1. The van der Waals surface area contributed by atoms with Gasteiger partial charge >= 0.3 is 0 Å². The second kappa shape index (κ2) is 5.86. The third-order valence-corrected chi connectivity index (χ3v) is 2.72. The minimum atomic E-state index is -0.839. The maximum absolute atomic E-state index is 13.4. The van der Waals surface area contributed by atoms with Gasteiger partial charge in [-0.15, -0.1) is 0 Å². The van der Waals surface area contributed by atoms with Gasteiger partial charge in [-0.3, -0.25) is 4.79 Å². The van der Waals surface area contributed by atoms with Crippen molar-refractivity contribution in [3.05, 3.63) is 29.8 Å². The molecule has 0 fully saturated rings. The number of carbonyl (C=O) groups excluding carboxylic acids is 1. The van der Waals surface area contributed by atoms with Gasteiger partial charge in [-0.05, 0) is 18.1 Å². The van der Waals surface area contributed by atoms with E-state index in [0.717, 1.165) is 12.1 Å². The predicted molar refractivity (Wildman–Crippen MR) is 70.1 cm³/mol. The SMILES string of the molecule is CC(C)C(C(=O)Nc1c(F)cccc1F)C(N)=S. The molecular weight excluding hydrogens is 258 g/mol. The number of anilines is 1. The van der Waals surface area contributed by atoms with Crippen molar-refractivity contribution >= 4 is 28.8 Å². The third kappa shape index (κ3) is 3.22. The van der Waals surface area contributed by atoms with Crippen molar-refractivity contribution in [2.45, 2.75) is 13.8 Å². The van der Waals surface area contributed by atoms with Crippen LogP contribution in [0.25, 0.3) is 0 Å². The summed E-state index contributed by atoms with van der Waals surface area (Å²) in [6.07, 6.45) is 0. The largest absolute Gasteiger partial charge is 0.393 e. The molecule has 3 nitrogen and oxygen atoms in total. The fourth-order valence-electron chi connectivity index (χ4n) is 1.58. The monoisotopic (exact) mass is 272 g/mol. The average Bonchev–Trinajstić information content (AvgIpc) is 2.22. The first-order chi connectivity index (χ1) is 8.34. The van der Waals surface area contributed by atoms with Gasteiger partial charge in [0.15, 0.2) is 0 Å². The van der Waals surface area contributed by atoms with Crippen molar-refractivity contribution in [2.24, 2.45) is 17.6 Å². The Morgan fingerprint density at radius 2 is 1.83 bits per heavy atom. The summed E-state index contributed by atoms with van der Waals surface area (Å²) in [7, 11) is 0. The Labute approximate surface area is 109 Å². The topological polar surface area (TPSA) is 55.1 Å². The zero-order chi connectivity index (χ0) is 13.9. The van der Waals surface area contributed by atoms with Crippen LogP contribution in [0.3, 0.4) is 0 Å². The Morgan fingerprint density at radius 3 is 2.22 bits per heavy atom. The lowest BCUT2D eigenvalue weighted by molar-refractivity contribution is -0.118. The van der Waals surface area contributed by atoms with E-state index in [1.54, 1.807) is 13.8 Å². The summed E-state index contributed by atoms with van der Waals surface area (Å²) in [6, 6.07) is 3.33. The Morgan fingerprint density at radius 1 is 1.33 bits per heavy atom. The van der Waals surface area contributed by atoms with E-state index in [-0.39, 0.29) is 10.9 Å². The smallest absolute Gasteiger partial charge is 0.234 e. The second-order valence-corrected chi connectivity index (χ2v) is 4.68. The summed E-state index contributed by atoms with van der Waals surface area (Å²) in [4.78, 5) is 11.9. The van der Waals surface area contributed by atoms with Crippen LogP contribution in [0.15, 0.2) is 18.2 Å². The molecule has 0 saturated carbocycles. The molecule has 0 aromatic heterocycles. The molecule has 1 aromatic carbocycles. The highest BCUT2D eigenvalue weighted by molar-refractivity contribution is 7.80. The van der Waals surface area contributed by atoms with Crippen LogP contribution in [0.2, 0.25) is 0 Å². The Kier molecular flexibility index (Phi) is 4.72. The van der Waals surface area contributed by atoms with Crippen molar-refractivity contribution < 1.29 is 13.6 Å². The molecule has 0 aliphatic heterocycles. The molecule has 0 aliphatic carbocycles. The molecule has 6 heteroatoms. The first kappa shape index (κ1) is 14.5. The quantitative estimate of drug-likeness (QED) is 0.828. The van der Waals surface area contributed by atoms with Crippen molar-refractivity contribution in [3.63, 3.8) is 0 Å². The normalized spacial score (nSPS) is 12.3. The standard InChI is InChI=1S/C12H14F2N2OS/c1-6(2)9(11(15)18)12(17)16-10-7(13)4-3-5-8(10)14/h3-6,9H,1-2H3,(H2,15,18)(H,16,17). The van der Waals surface area contributed by atoms with Crippen LogP contribution in [0, 0.1) is 23.5 Å². The summed E-state index contributed by atoms with van der Waals surface area (Å²) in [5.74, 6) is -3.21. The van der Waals surface area contributed by atoms with E-state index in [1.807, 2.05) is 0 Å². The third-order valence-electron chi connectivity index (χ3n) is 2.47. The Bertz CT molecular complexity index is 457. The molecule has 0 spiro atoms. The van der Waals surface area contributed by atoms with Gasteiger partial charge in [-0.2, -0.15) is 0 Å². The van der Waals surface area contributed by atoms with Crippen LogP contribution in [0.5, 0.6) is 0 Å². The Balaban J connectivity index is 2.97. The number of thiocarbonyl (C=S) groups is 1. The summed E-state index contributed by atoms with van der Waals surface area (Å²) in [6.45, 7) is 3.50. The van der Waals surface area contributed by atoms with Gasteiger partial charge in [-0.1, -0.05) is 32.1 Å². The second-order valence-electron chi connectivity index (χ2n) is 4.21. The van der Waals surface area contributed by atoms with Gasteiger partial charge in [0.2, 0.25) is 5.91 Å². The van der Waals surface area contributed by atoms with Gasteiger partial charge in [0.25, 0.3) is 0 Å². The van der Waals surface area contributed by atoms with E-state index >= 15 is 0 Å². The van der Waals surface area contributed by atoms with Crippen LogP contribution in [0.4, 0.5) is 14.5 Å². The van der Waals surface area contributed by atoms with Crippen LogP contribution >= 0.6 is 12.2 Å². The number of nitrogens with one attached hydrogen (secondary N) is 1. The zero-order valence-corrected chi connectivity index (χ0v) is 10.9.